The molecule has 3 aliphatic rings. The normalized spacial score (nSPS) is 27.5. The molecule has 1 aliphatic carbocycles. The Morgan fingerprint density at radius 2 is 1.94 bits per heavy atom. The van der Waals surface area contributed by atoms with Gasteiger partial charge in [-0.25, -0.2) is 14.9 Å². The number of hydrogen-bond acceptors (Lipinski definition) is 8. The van der Waals surface area contributed by atoms with Gasteiger partial charge in [0.2, 0.25) is 11.8 Å². The molecule has 2 aliphatic heterocycles. The number of halogens is 1. The first-order chi connectivity index (χ1) is 22.5. The summed E-state index contributed by atoms with van der Waals surface area (Å²) >= 11 is 1.22. The molecule has 47 heavy (non-hydrogen) atoms. The lowest BCUT2D eigenvalue weighted by atomic mass is 10.0. The predicted molar refractivity (Wildman–Crippen MR) is 178 cm³/mol. The van der Waals surface area contributed by atoms with Crippen LogP contribution in [0.1, 0.15) is 65.7 Å². The fourth-order valence-corrected chi connectivity index (χ4v) is 7.17. The zero-order valence-corrected chi connectivity index (χ0v) is 27.8. The molecule has 6 rings (SSSR count). The standard InChI is InChI=1S/C35H42FN5O5S/c1-34(2,3)46-40-32(44)35-20-22(35)12-8-5-4-6-11-15-27(37-24-13-9-7-10-14-24)31(43)41-21-25(19-28(41)30(42)39-35)45-33-38-26-17-16-23(36)18-29(26)47-33/h7-10,12-14,16-18,22,25,27-28,37H,4-6,11,15,19-21H2,1-3H3,(H,39,42)(H,40,44)/b12-8-/t22-,25+,27-,28-,35+/m0/s1. The Balaban J connectivity index is 1.28. The topological polar surface area (TPSA) is 122 Å². The van der Waals surface area contributed by atoms with Gasteiger partial charge in [0.1, 0.15) is 29.5 Å². The third-order valence-corrected chi connectivity index (χ3v) is 9.72. The molecule has 3 heterocycles. The largest absolute Gasteiger partial charge is 0.465 e. The van der Waals surface area contributed by atoms with E-state index in [1.807, 2.05) is 57.2 Å². The molecule has 0 spiro atoms. The molecule has 0 radical (unpaired) electrons. The summed E-state index contributed by atoms with van der Waals surface area (Å²) in [4.78, 5) is 53.8. The second-order valence-corrected chi connectivity index (χ2v) is 14.6. The monoisotopic (exact) mass is 663 g/mol. The Morgan fingerprint density at radius 3 is 2.72 bits per heavy atom. The molecule has 12 heteroatoms. The van der Waals surface area contributed by atoms with Gasteiger partial charge in [-0.2, -0.15) is 0 Å². The number of aromatic nitrogens is 1. The van der Waals surface area contributed by atoms with Crippen molar-refractivity contribution in [2.75, 3.05) is 11.9 Å². The average molecular weight is 664 g/mol. The molecule has 0 bridgehead atoms. The summed E-state index contributed by atoms with van der Waals surface area (Å²) in [7, 11) is 0. The first kappa shape index (κ1) is 32.9. The van der Waals surface area contributed by atoms with E-state index in [2.05, 4.69) is 27.2 Å². The number of anilines is 1. The molecular weight excluding hydrogens is 621 g/mol. The first-order valence-corrected chi connectivity index (χ1v) is 17.1. The summed E-state index contributed by atoms with van der Waals surface area (Å²) in [5, 5.41) is 6.78. The van der Waals surface area contributed by atoms with E-state index in [1.165, 1.54) is 23.5 Å². The van der Waals surface area contributed by atoms with Gasteiger partial charge >= 0.3 is 0 Å². The predicted octanol–water partition coefficient (Wildman–Crippen LogP) is 5.51. The number of amides is 3. The van der Waals surface area contributed by atoms with Gasteiger partial charge in [-0.3, -0.25) is 19.2 Å². The number of rotatable bonds is 6. The number of thiazole rings is 1. The fourth-order valence-electron chi connectivity index (χ4n) is 6.26. The third-order valence-electron chi connectivity index (χ3n) is 8.81. The smallest absolute Gasteiger partial charge is 0.274 e. The second kappa shape index (κ2) is 13.6. The highest BCUT2D eigenvalue weighted by molar-refractivity contribution is 7.20. The van der Waals surface area contributed by atoms with Gasteiger partial charge in [0.25, 0.3) is 11.1 Å². The van der Waals surface area contributed by atoms with Crippen LogP contribution in [0.15, 0.2) is 60.7 Å². The van der Waals surface area contributed by atoms with Crippen LogP contribution in [0.2, 0.25) is 0 Å². The SMILES string of the molecule is CC(C)(C)ONC(=O)[C@@]12C[C@@H]1/C=C\CCCCC[C@H](Nc1ccccc1)C(=O)N1C[C@H](Oc3nc4ccc(F)cc4s3)C[C@H]1C(=O)N2. The fraction of sp³-hybridized carbons (Fsp3) is 0.486. The number of hydrogen-bond donors (Lipinski definition) is 3. The van der Waals surface area contributed by atoms with Crippen molar-refractivity contribution in [3.8, 4) is 5.19 Å². The Hall–Kier alpha value is -4.03. The molecule has 2 fully saturated rings. The Kier molecular flexibility index (Phi) is 9.52. The molecule has 10 nitrogen and oxygen atoms in total. The van der Waals surface area contributed by atoms with Crippen molar-refractivity contribution in [3.05, 3.63) is 66.5 Å². The van der Waals surface area contributed by atoms with Crippen LogP contribution >= 0.6 is 11.3 Å². The van der Waals surface area contributed by atoms with Crippen molar-refractivity contribution in [3.63, 3.8) is 0 Å². The van der Waals surface area contributed by atoms with E-state index in [0.29, 0.717) is 28.3 Å². The molecule has 0 unspecified atom stereocenters. The summed E-state index contributed by atoms with van der Waals surface area (Å²) in [5.41, 5.74) is 2.18. The maximum atomic E-state index is 14.4. The number of allylic oxidation sites excluding steroid dienone is 1. The molecular formula is C35H42FN5O5S. The zero-order chi connectivity index (χ0) is 33.2. The highest BCUT2D eigenvalue weighted by atomic mass is 32.1. The number of ether oxygens (including phenoxy) is 1. The Morgan fingerprint density at radius 1 is 1.13 bits per heavy atom. The van der Waals surface area contributed by atoms with E-state index in [1.54, 1.807) is 11.0 Å². The maximum absolute atomic E-state index is 14.4. The molecule has 3 amide bonds. The molecule has 2 aromatic carbocycles. The van der Waals surface area contributed by atoms with Gasteiger partial charge in [0.15, 0.2) is 0 Å². The summed E-state index contributed by atoms with van der Waals surface area (Å²) < 4.78 is 20.7. The van der Waals surface area contributed by atoms with E-state index >= 15 is 0 Å². The van der Waals surface area contributed by atoms with Crippen LogP contribution in [0, 0.1) is 11.7 Å². The minimum atomic E-state index is -1.19. The van der Waals surface area contributed by atoms with Crippen LogP contribution in [0.5, 0.6) is 5.19 Å². The minimum absolute atomic E-state index is 0.157. The van der Waals surface area contributed by atoms with Crippen LogP contribution < -0.4 is 20.9 Å². The molecule has 3 aromatic rings. The lowest BCUT2D eigenvalue weighted by Crippen LogP contribution is -2.57. The molecule has 1 saturated heterocycles. The van der Waals surface area contributed by atoms with Crippen molar-refractivity contribution in [2.24, 2.45) is 5.92 Å². The van der Waals surface area contributed by atoms with Gasteiger partial charge < -0.3 is 20.3 Å². The molecule has 5 atom stereocenters. The van der Waals surface area contributed by atoms with Gasteiger partial charge in [-0.1, -0.05) is 54.5 Å². The van der Waals surface area contributed by atoms with Gasteiger partial charge in [-0.05, 0) is 76.8 Å². The zero-order valence-electron chi connectivity index (χ0n) is 27.0. The Bertz CT molecular complexity index is 1640. The van der Waals surface area contributed by atoms with Crippen molar-refractivity contribution < 1.29 is 28.3 Å². The van der Waals surface area contributed by atoms with Crippen LogP contribution in [-0.4, -0.2) is 63.5 Å². The van der Waals surface area contributed by atoms with Crippen LogP contribution in [0.25, 0.3) is 10.2 Å². The van der Waals surface area contributed by atoms with Gasteiger partial charge in [0.05, 0.1) is 22.4 Å². The van der Waals surface area contributed by atoms with E-state index < -0.39 is 41.1 Å². The molecule has 1 aromatic heterocycles. The van der Waals surface area contributed by atoms with Gasteiger partial charge in [0, 0.05) is 18.0 Å². The Labute approximate surface area is 278 Å². The van der Waals surface area contributed by atoms with E-state index in [-0.39, 0.29) is 30.6 Å². The first-order valence-electron chi connectivity index (χ1n) is 16.3. The number of hydroxylamine groups is 1. The third kappa shape index (κ3) is 7.76. The van der Waals surface area contributed by atoms with Crippen molar-refractivity contribution in [1.29, 1.82) is 0 Å². The van der Waals surface area contributed by atoms with E-state index in [9.17, 15) is 18.8 Å². The highest BCUT2D eigenvalue weighted by Gasteiger charge is 2.61. The number of carbonyl (C=O) groups excluding carboxylic acids is 3. The number of para-hydroxylation sites is 1. The number of nitrogens with zero attached hydrogens (tertiary/aromatic N) is 2. The number of nitrogens with one attached hydrogen (secondary N) is 3. The van der Waals surface area contributed by atoms with E-state index in [0.717, 1.165) is 31.4 Å². The van der Waals surface area contributed by atoms with Crippen molar-refractivity contribution >= 4 is 45.0 Å². The maximum Gasteiger partial charge on any atom is 0.274 e. The average Bonchev–Trinajstić information content (AvgIpc) is 3.34. The lowest BCUT2D eigenvalue weighted by Gasteiger charge is -2.30. The number of fused-ring (bicyclic) bond motifs is 3. The number of carbonyl (C=O) groups is 3. The van der Waals surface area contributed by atoms with Crippen molar-refractivity contribution in [1.82, 2.24) is 20.7 Å². The summed E-state index contributed by atoms with van der Waals surface area (Å²) in [6.07, 6.45) is 8.33. The van der Waals surface area contributed by atoms with Crippen LogP contribution in [-0.2, 0) is 19.2 Å². The second-order valence-electron chi connectivity index (χ2n) is 13.6. The highest BCUT2D eigenvalue weighted by Crippen LogP contribution is 2.46. The van der Waals surface area contributed by atoms with Crippen molar-refractivity contribution in [2.45, 2.75) is 95.0 Å². The minimum Gasteiger partial charge on any atom is -0.465 e. The summed E-state index contributed by atoms with van der Waals surface area (Å²) in [6, 6.07) is 12.5. The van der Waals surface area contributed by atoms with Crippen LogP contribution in [0.3, 0.4) is 0 Å². The van der Waals surface area contributed by atoms with Crippen LogP contribution in [0.4, 0.5) is 10.1 Å². The molecule has 1 saturated carbocycles. The van der Waals surface area contributed by atoms with E-state index in [4.69, 9.17) is 9.57 Å². The molecule has 3 N–H and O–H groups in total. The van der Waals surface area contributed by atoms with Gasteiger partial charge in [-0.15, -0.1) is 0 Å². The quantitative estimate of drug-likeness (QED) is 0.235. The summed E-state index contributed by atoms with van der Waals surface area (Å²) in [6.45, 7) is 5.64. The molecule has 250 valence electrons. The lowest BCUT2D eigenvalue weighted by molar-refractivity contribution is -0.151. The summed E-state index contributed by atoms with van der Waals surface area (Å²) in [5.74, 6) is -1.62. The number of benzene rings is 2.